The zero-order valence-corrected chi connectivity index (χ0v) is 28.3. The number of amides is 7. The first-order valence-electron chi connectivity index (χ1n) is 15.9. The number of rotatable bonds is 14. The quantitative estimate of drug-likeness (QED) is 0.122. The van der Waals surface area contributed by atoms with Gasteiger partial charge in [-0.3, -0.25) is 33.7 Å². The molecule has 1 unspecified atom stereocenters. The van der Waals surface area contributed by atoms with Crippen LogP contribution in [0.1, 0.15) is 80.6 Å². The second kappa shape index (κ2) is 16.7. The minimum Gasteiger partial charge on any atom is -0.362 e. The van der Waals surface area contributed by atoms with E-state index in [1.54, 1.807) is 20.8 Å². The van der Waals surface area contributed by atoms with E-state index in [2.05, 4.69) is 27.8 Å². The monoisotopic (exact) mass is 648 g/mol. The number of hydrogen-bond acceptors (Lipinski definition) is 8. The van der Waals surface area contributed by atoms with Gasteiger partial charge in [0.05, 0.1) is 12.1 Å². The number of hydrogen-bond donors (Lipinski definition) is 4. The van der Waals surface area contributed by atoms with Crippen LogP contribution >= 0.6 is 0 Å². The molecule has 14 heteroatoms. The van der Waals surface area contributed by atoms with E-state index in [1.807, 2.05) is 27.7 Å². The molecule has 46 heavy (non-hydrogen) atoms. The zero-order chi connectivity index (χ0) is 34.8. The van der Waals surface area contributed by atoms with Crippen LogP contribution < -0.4 is 21.3 Å². The summed E-state index contributed by atoms with van der Waals surface area (Å²) in [6, 6.07) is -4.30. The van der Waals surface area contributed by atoms with Crippen LogP contribution in [0, 0.1) is 10.8 Å². The molecule has 258 valence electrons. The SMILES string of the molecule is C=CCNC(=O)C(=O)C(CCCC)NC(=O)[C@@H]1CCCN1C(=O)[C@@H](NC(=O)N[C@H](CN1C(=O)COCC1=O)C(C)(C)C)C(C)(C)C. The predicted molar refractivity (Wildman–Crippen MR) is 170 cm³/mol. The summed E-state index contributed by atoms with van der Waals surface area (Å²) < 4.78 is 4.99. The van der Waals surface area contributed by atoms with Crippen molar-refractivity contribution in [3.8, 4) is 0 Å². The molecule has 4 N–H and O–H groups in total. The molecule has 0 saturated carbocycles. The van der Waals surface area contributed by atoms with Gasteiger partial charge in [0.1, 0.15) is 25.3 Å². The van der Waals surface area contributed by atoms with E-state index in [4.69, 9.17) is 4.74 Å². The molecule has 0 aromatic rings. The van der Waals surface area contributed by atoms with Gasteiger partial charge in [0.25, 0.3) is 17.7 Å². The Balaban J connectivity index is 2.21. The topological polar surface area (TPSA) is 183 Å². The molecule has 4 atom stereocenters. The van der Waals surface area contributed by atoms with E-state index in [1.165, 1.54) is 11.0 Å². The van der Waals surface area contributed by atoms with Crippen molar-refractivity contribution in [2.24, 2.45) is 10.8 Å². The third-order valence-electron chi connectivity index (χ3n) is 8.11. The fourth-order valence-corrected chi connectivity index (χ4v) is 5.25. The summed E-state index contributed by atoms with van der Waals surface area (Å²) in [6.45, 7) is 16.2. The third kappa shape index (κ3) is 10.6. The van der Waals surface area contributed by atoms with Crippen molar-refractivity contribution in [2.75, 3.05) is 32.8 Å². The molecule has 0 radical (unpaired) electrons. The number of nitrogens with zero attached hydrogens (tertiary/aromatic N) is 2. The summed E-state index contributed by atoms with van der Waals surface area (Å²) in [6.07, 6.45) is 3.96. The van der Waals surface area contributed by atoms with Crippen molar-refractivity contribution in [1.29, 1.82) is 0 Å². The average Bonchev–Trinajstić information content (AvgIpc) is 3.46. The molecule has 14 nitrogen and oxygen atoms in total. The number of morpholine rings is 1. The first-order valence-corrected chi connectivity index (χ1v) is 15.9. The smallest absolute Gasteiger partial charge is 0.315 e. The van der Waals surface area contributed by atoms with E-state index in [0.29, 0.717) is 19.3 Å². The molecule has 2 rings (SSSR count). The maximum atomic E-state index is 14.0. The lowest BCUT2D eigenvalue weighted by Crippen LogP contribution is -2.62. The van der Waals surface area contributed by atoms with Crippen LogP contribution in [0.3, 0.4) is 0 Å². The molecule has 0 aromatic carbocycles. The maximum Gasteiger partial charge on any atom is 0.315 e. The minimum atomic E-state index is -1.05. The number of carbonyl (C=O) groups excluding carboxylic acids is 7. The largest absolute Gasteiger partial charge is 0.362 e. The van der Waals surface area contributed by atoms with Gasteiger partial charge in [-0.15, -0.1) is 6.58 Å². The van der Waals surface area contributed by atoms with Crippen LogP contribution in [0.2, 0.25) is 0 Å². The van der Waals surface area contributed by atoms with E-state index >= 15 is 0 Å². The van der Waals surface area contributed by atoms with Crippen molar-refractivity contribution >= 4 is 41.4 Å². The molecule has 2 aliphatic heterocycles. The van der Waals surface area contributed by atoms with E-state index < -0.39 is 76.3 Å². The Hall–Kier alpha value is -3.81. The van der Waals surface area contributed by atoms with Gasteiger partial charge in [-0.25, -0.2) is 4.79 Å². The summed E-state index contributed by atoms with van der Waals surface area (Å²) >= 11 is 0. The molecule has 0 aliphatic carbocycles. The van der Waals surface area contributed by atoms with Gasteiger partial charge >= 0.3 is 6.03 Å². The van der Waals surface area contributed by atoms with Gasteiger partial charge in [0, 0.05) is 19.6 Å². The van der Waals surface area contributed by atoms with Gasteiger partial charge in [-0.1, -0.05) is 67.4 Å². The predicted octanol–water partition coefficient (Wildman–Crippen LogP) is 1.04. The Bertz CT molecular complexity index is 1160. The van der Waals surface area contributed by atoms with Crippen LogP contribution in [-0.4, -0.2) is 108 Å². The van der Waals surface area contributed by atoms with E-state index in [-0.39, 0.29) is 39.3 Å². The number of likely N-dealkylation sites (tertiary alicyclic amines) is 1. The van der Waals surface area contributed by atoms with Crippen molar-refractivity contribution in [2.45, 2.75) is 105 Å². The lowest BCUT2D eigenvalue weighted by Gasteiger charge is -2.38. The molecule has 0 spiro atoms. The Morgan fingerprint density at radius 3 is 2.15 bits per heavy atom. The molecule has 0 aromatic heterocycles. The lowest BCUT2D eigenvalue weighted by atomic mass is 9.85. The Kier molecular flexibility index (Phi) is 13.9. The highest BCUT2D eigenvalue weighted by Crippen LogP contribution is 2.27. The summed E-state index contributed by atoms with van der Waals surface area (Å²) in [5.41, 5.74) is -1.34. The van der Waals surface area contributed by atoms with Gasteiger partial charge in [0.15, 0.2) is 0 Å². The number of unbranched alkanes of at least 4 members (excludes halogenated alkanes) is 1. The standard InChI is InChI=1S/C32H52N6O8/c1-9-11-13-20(25(41)28(43)33-15-10-2)34-27(42)21-14-12-16-37(21)29(44)26(32(6,7)8)36-30(45)35-22(31(3,4)5)17-38-23(39)18-46-19-24(38)40/h10,20-22,26H,2,9,11-19H2,1,3-8H3,(H,33,43)(H,34,42)(H2,35,36,45)/t20?,21-,22+,26+/m0/s1. The van der Waals surface area contributed by atoms with Gasteiger partial charge in [-0.2, -0.15) is 0 Å². The number of ketones is 1. The highest BCUT2D eigenvalue weighted by Gasteiger charge is 2.43. The summed E-state index contributed by atoms with van der Waals surface area (Å²) in [4.78, 5) is 93.3. The number of ether oxygens (including phenoxy) is 1. The first-order chi connectivity index (χ1) is 21.4. The second-order valence-electron chi connectivity index (χ2n) is 14.0. The number of Topliss-reactive ketones (excluding diaryl/α,β-unsaturated/α-hetero) is 1. The van der Waals surface area contributed by atoms with Crippen LogP contribution in [-0.2, 0) is 33.5 Å². The molecule has 2 saturated heterocycles. The Morgan fingerprint density at radius 2 is 1.61 bits per heavy atom. The molecular weight excluding hydrogens is 596 g/mol. The summed E-state index contributed by atoms with van der Waals surface area (Å²) in [5, 5.41) is 10.8. The Labute approximate surface area is 271 Å². The number of urea groups is 1. The van der Waals surface area contributed by atoms with E-state index in [0.717, 1.165) is 11.3 Å². The van der Waals surface area contributed by atoms with E-state index in [9.17, 15) is 33.6 Å². The zero-order valence-electron chi connectivity index (χ0n) is 28.3. The van der Waals surface area contributed by atoms with Crippen LogP contribution in [0.15, 0.2) is 12.7 Å². The van der Waals surface area contributed by atoms with Crippen LogP contribution in [0.5, 0.6) is 0 Å². The normalized spacial score (nSPS) is 19.2. The number of carbonyl (C=O) groups is 7. The highest BCUT2D eigenvalue weighted by atomic mass is 16.5. The molecule has 2 fully saturated rings. The van der Waals surface area contributed by atoms with Crippen molar-refractivity contribution in [3.05, 3.63) is 12.7 Å². The first kappa shape index (κ1) is 38.4. The number of imide groups is 1. The molecule has 2 heterocycles. The third-order valence-corrected chi connectivity index (χ3v) is 8.11. The molecular formula is C32H52N6O8. The van der Waals surface area contributed by atoms with Gasteiger partial charge < -0.3 is 30.9 Å². The second-order valence-corrected chi connectivity index (χ2v) is 14.0. The molecule has 0 bridgehead atoms. The highest BCUT2D eigenvalue weighted by molar-refractivity contribution is 6.38. The fraction of sp³-hybridized carbons (Fsp3) is 0.719. The molecule has 2 aliphatic rings. The maximum absolute atomic E-state index is 14.0. The fourth-order valence-electron chi connectivity index (χ4n) is 5.25. The molecule has 7 amide bonds. The number of nitrogens with one attached hydrogen (secondary N) is 4. The average molecular weight is 649 g/mol. The minimum absolute atomic E-state index is 0.0655. The van der Waals surface area contributed by atoms with Crippen molar-refractivity contribution < 1.29 is 38.3 Å². The Morgan fingerprint density at radius 1 is 0.978 bits per heavy atom. The van der Waals surface area contributed by atoms with Crippen molar-refractivity contribution in [3.63, 3.8) is 0 Å². The van der Waals surface area contributed by atoms with Gasteiger partial charge in [-0.05, 0) is 30.1 Å². The lowest BCUT2D eigenvalue weighted by molar-refractivity contribution is -0.159. The summed E-state index contributed by atoms with van der Waals surface area (Å²) in [5.74, 6) is -3.58. The van der Waals surface area contributed by atoms with Crippen LogP contribution in [0.25, 0.3) is 0 Å². The van der Waals surface area contributed by atoms with Gasteiger partial charge in [0.2, 0.25) is 17.6 Å². The summed E-state index contributed by atoms with van der Waals surface area (Å²) in [7, 11) is 0. The van der Waals surface area contributed by atoms with Crippen LogP contribution in [0.4, 0.5) is 4.79 Å². The van der Waals surface area contributed by atoms with Crippen molar-refractivity contribution in [1.82, 2.24) is 31.1 Å².